The topological polar surface area (TPSA) is 134 Å². The Hall–Kier alpha value is -4.34. The molecule has 0 spiro atoms. The van der Waals surface area contributed by atoms with Crippen LogP contribution >= 0.6 is 0 Å². The third-order valence-electron chi connectivity index (χ3n) is 7.78. The molecule has 2 aromatic heterocycles. The molecule has 0 fully saturated rings. The number of amides is 2. The van der Waals surface area contributed by atoms with Gasteiger partial charge >= 0.3 is 0 Å². The van der Waals surface area contributed by atoms with Gasteiger partial charge in [0.15, 0.2) is 11.4 Å². The standard InChI is InChI=1S/C34H44N6O4/c1-5-19-39-27-17-15-23(3)21-25(27)31(33(39)43)37-35-29(41)13-11-9-7-8-10-12-14-30(42)36-38-32-26-22-24(4)16-18-28(26)40(20-6-2)34(32)44/h15-18,21-22,43-44H,5-14,19-20H2,1-4H3. The van der Waals surface area contributed by atoms with E-state index in [9.17, 15) is 19.8 Å². The Morgan fingerprint density at radius 1 is 0.636 bits per heavy atom. The van der Waals surface area contributed by atoms with E-state index in [1.807, 2.05) is 73.2 Å². The second-order valence-corrected chi connectivity index (χ2v) is 11.5. The number of hydrogen-bond acceptors (Lipinski definition) is 6. The third kappa shape index (κ3) is 7.78. The van der Waals surface area contributed by atoms with Crippen molar-refractivity contribution in [2.75, 3.05) is 0 Å². The van der Waals surface area contributed by atoms with Crippen molar-refractivity contribution in [1.82, 2.24) is 9.13 Å². The molecule has 0 atom stereocenters. The predicted octanol–water partition coefficient (Wildman–Crippen LogP) is 9.49. The third-order valence-corrected chi connectivity index (χ3v) is 7.78. The average Bonchev–Trinajstić information content (AvgIpc) is 3.40. The molecule has 2 N–H and O–H groups in total. The maximum Gasteiger partial charge on any atom is 0.264 e. The summed E-state index contributed by atoms with van der Waals surface area (Å²) >= 11 is 0. The van der Waals surface area contributed by atoms with Crippen molar-refractivity contribution in [2.45, 2.75) is 105 Å². The number of hydrogen-bond donors (Lipinski definition) is 2. The first-order valence-electron chi connectivity index (χ1n) is 15.8. The van der Waals surface area contributed by atoms with E-state index in [0.29, 0.717) is 50.1 Å². The number of aromatic nitrogens is 2. The Morgan fingerprint density at radius 2 is 1.02 bits per heavy atom. The van der Waals surface area contributed by atoms with Gasteiger partial charge in [-0.2, -0.15) is 0 Å². The highest BCUT2D eigenvalue weighted by Crippen LogP contribution is 2.40. The monoisotopic (exact) mass is 600 g/mol. The van der Waals surface area contributed by atoms with Crippen LogP contribution in [0.15, 0.2) is 56.9 Å². The molecule has 0 aliphatic rings. The highest BCUT2D eigenvalue weighted by Gasteiger charge is 2.18. The lowest BCUT2D eigenvalue weighted by Crippen LogP contribution is -1.95. The minimum Gasteiger partial charge on any atom is -0.493 e. The summed E-state index contributed by atoms with van der Waals surface area (Å²) in [5.41, 5.74) is 4.54. The fourth-order valence-corrected chi connectivity index (χ4v) is 5.54. The molecule has 0 saturated heterocycles. The summed E-state index contributed by atoms with van der Waals surface area (Å²) in [7, 11) is 0. The van der Waals surface area contributed by atoms with Crippen LogP contribution in [0.5, 0.6) is 11.8 Å². The molecular weight excluding hydrogens is 556 g/mol. The lowest BCUT2D eigenvalue weighted by molar-refractivity contribution is -0.119. The van der Waals surface area contributed by atoms with Gasteiger partial charge in [-0.15, -0.1) is 20.5 Å². The normalized spacial score (nSPS) is 12.0. The number of aromatic hydroxyl groups is 2. The van der Waals surface area contributed by atoms with Crippen molar-refractivity contribution < 1.29 is 19.8 Å². The van der Waals surface area contributed by atoms with Crippen LogP contribution in [0.1, 0.15) is 89.2 Å². The Bertz CT molecular complexity index is 1560. The Morgan fingerprint density at radius 3 is 1.41 bits per heavy atom. The molecule has 4 rings (SSSR count). The molecule has 2 amide bonds. The van der Waals surface area contributed by atoms with Gasteiger partial charge in [0.2, 0.25) is 11.8 Å². The lowest BCUT2D eigenvalue weighted by atomic mass is 10.1. The van der Waals surface area contributed by atoms with E-state index in [1.165, 1.54) is 0 Å². The fraction of sp³-hybridized carbons (Fsp3) is 0.471. The van der Waals surface area contributed by atoms with Crippen LogP contribution in [0.3, 0.4) is 0 Å². The van der Waals surface area contributed by atoms with E-state index in [4.69, 9.17) is 0 Å². The zero-order valence-corrected chi connectivity index (χ0v) is 26.3. The molecule has 234 valence electrons. The van der Waals surface area contributed by atoms with Gasteiger partial charge in [0.05, 0.1) is 11.0 Å². The molecular formula is C34H44N6O4. The molecule has 44 heavy (non-hydrogen) atoms. The number of nitrogens with zero attached hydrogens (tertiary/aromatic N) is 6. The first kappa shape index (κ1) is 32.6. The number of unbranched alkanes of at least 4 members (excludes halogenated alkanes) is 5. The second kappa shape index (κ2) is 15.4. The minimum absolute atomic E-state index is 0.0387. The van der Waals surface area contributed by atoms with E-state index in [2.05, 4.69) is 20.5 Å². The van der Waals surface area contributed by atoms with Crippen LogP contribution in [0.25, 0.3) is 21.8 Å². The summed E-state index contributed by atoms with van der Waals surface area (Å²) < 4.78 is 3.62. The van der Waals surface area contributed by atoms with Gasteiger partial charge in [0.25, 0.3) is 11.8 Å². The molecule has 0 bridgehead atoms. The maximum absolute atomic E-state index is 12.4. The Labute approximate surface area is 258 Å². The molecule has 2 heterocycles. The highest BCUT2D eigenvalue weighted by molar-refractivity contribution is 5.96. The number of fused-ring (bicyclic) bond motifs is 2. The van der Waals surface area contributed by atoms with E-state index in [0.717, 1.165) is 71.5 Å². The van der Waals surface area contributed by atoms with Gasteiger partial charge in [-0.1, -0.05) is 62.8 Å². The molecule has 0 aliphatic carbocycles. The second-order valence-electron chi connectivity index (χ2n) is 11.5. The van der Waals surface area contributed by atoms with Crippen LogP contribution in [-0.2, 0) is 22.7 Å². The number of azo groups is 2. The smallest absolute Gasteiger partial charge is 0.264 e. The highest BCUT2D eigenvalue weighted by atomic mass is 16.3. The largest absolute Gasteiger partial charge is 0.493 e. The van der Waals surface area contributed by atoms with Gasteiger partial charge < -0.3 is 19.3 Å². The van der Waals surface area contributed by atoms with Gasteiger partial charge in [-0.3, -0.25) is 9.59 Å². The Kier molecular flexibility index (Phi) is 11.4. The zero-order chi connectivity index (χ0) is 31.6. The van der Waals surface area contributed by atoms with Gasteiger partial charge in [-0.05, 0) is 63.8 Å². The predicted molar refractivity (Wildman–Crippen MR) is 173 cm³/mol. The number of carbonyl (C=O) groups excluding carboxylic acids is 2. The Balaban J connectivity index is 1.17. The van der Waals surface area contributed by atoms with Crippen LogP contribution in [-0.4, -0.2) is 31.2 Å². The molecule has 4 aromatic rings. The van der Waals surface area contributed by atoms with Crippen molar-refractivity contribution in [1.29, 1.82) is 0 Å². The molecule has 0 saturated carbocycles. The number of aryl methyl sites for hydroxylation is 4. The average molecular weight is 601 g/mol. The molecule has 10 nitrogen and oxygen atoms in total. The number of carbonyl (C=O) groups is 2. The van der Waals surface area contributed by atoms with Crippen LogP contribution in [0.4, 0.5) is 11.4 Å². The van der Waals surface area contributed by atoms with E-state index in [1.54, 1.807) is 0 Å². The van der Waals surface area contributed by atoms with Crippen LogP contribution in [0, 0.1) is 13.8 Å². The molecule has 0 radical (unpaired) electrons. The van der Waals surface area contributed by atoms with E-state index >= 15 is 0 Å². The summed E-state index contributed by atoms with van der Waals surface area (Å²) in [5.74, 6) is -0.527. The van der Waals surface area contributed by atoms with Crippen LogP contribution < -0.4 is 0 Å². The minimum atomic E-state index is -0.302. The zero-order valence-electron chi connectivity index (χ0n) is 26.3. The fourth-order valence-electron chi connectivity index (χ4n) is 5.54. The molecule has 0 aliphatic heterocycles. The van der Waals surface area contributed by atoms with Crippen molar-refractivity contribution in [3.63, 3.8) is 0 Å². The summed E-state index contributed by atoms with van der Waals surface area (Å²) in [6.07, 6.45) is 7.42. The van der Waals surface area contributed by atoms with E-state index < -0.39 is 0 Å². The van der Waals surface area contributed by atoms with Crippen LogP contribution in [0.2, 0.25) is 0 Å². The summed E-state index contributed by atoms with van der Waals surface area (Å²) in [4.78, 5) is 24.7. The van der Waals surface area contributed by atoms with E-state index in [-0.39, 0.29) is 23.6 Å². The van der Waals surface area contributed by atoms with Crippen molar-refractivity contribution in [3.05, 3.63) is 47.5 Å². The van der Waals surface area contributed by atoms with Crippen molar-refractivity contribution >= 4 is 45.0 Å². The van der Waals surface area contributed by atoms with Gasteiger partial charge in [0, 0.05) is 36.7 Å². The first-order chi connectivity index (χ1) is 21.2. The van der Waals surface area contributed by atoms with Crippen molar-refractivity contribution in [2.24, 2.45) is 20.5 Å². The maximum atomic E-state index is 12.4. The van der Waals surface area contributed by atoms with Crippen molar-refractivity contribution in [3.8, 4) is 11.8 Å². The number of rotatable bonds is 15. The van der Waals surface area contributed by atoms with Gasteiger partial charge in [0.1, 0.15) is 0 Å². The lowest BCUT2D eigenvalue weighted by Gasteiger charge is -2.04. The number of benzene rings is 2. The quantitative estimate of drug-likeness (QED) is 0.104. The first-order valence-corrected chi connectivity index (χ1v) is 15.8. The summed E-state index contributed by atoms with van der Waals surface area (Å²) in [5, 5.41) is 39.1. The molecule has 10 heteroatoms. The summed E-state index contributed by atoms with van der Waals surface area (Å²) in [6.45, 7) is 9.35. The van der Waals surface area contributed by atoms with Gasteiger partial charge in [-0.25, -0.2) is 0 Å². The molecule has 0 unspecified atom stereocenters. The SMILES string of the molecule is CCCn1c(O)c(N=NC(=O)CCCCCCCCC(=O)N=Nc2c(O)n(CCC)c3ccc(C)cc23)c2cc(C)ccc21. The summed E-state index contributed by atoms with van der Waals surface area (Å²) in [6, 6.07) is 11.8. The molecule has 2 aromatic carbocycles.